The van der Waals surface area contributed by atoms with Crippen LogP contribution in [0.25, 0.3) is 0 Å². The van der Waals surface area contributed by atoms with Crippen LogP contribution in [0.3, 0.4) is 0 Å². The molecule has 1 aliphatic heterocycles. The molecular weight excluding hydrogens is 200 g/mol. The molecule has 0 aliphatic carbocycles. The third-order valence-electron chi connectivity index (χ3n) is 3.25. The summed E-state index contributed by atoms with van der Waals surface area (Å²) >= 11 is 0. The third-order valence-corrected chi connectivity index (χ3v) is 3.25. The summed E-state index contributed by atoms with van der Waals surface area (Å²) in [5, 5.41) is 0. The SMILES string of the molecule is Cc1cccc(N2CCCCC2CON)c1. The molecule has 1 unspecified atom stereocenters. The summed E-state index contributed by atoms with van der Waals surface area (Å²) in [6, 6.07) is 9.07. The van der Waals surface area contributed by atoms with Gasteiger partial charge in [0.05, 0.1) is 12.6 Å². The van der Waals surface area contributed by atoms with Crippen molar-refractivity contribution in [2.45, 2.75) is 32.2 Å². The van der Waals surface area contributed by atoms with Crippen molar-refractivity contribution in [1.82, 2.24) is 0 Å². The highest BCUT2D eigenvalue weighted by atomic mass is 16.6. The largest absolute Gasteiger partial charge is 0.366 e. The first-order chi connectivity index (χ1) is 7.81. The number of benzene rings is 1. The number of hydrogen-bond donors (Lipinski definition) is 1. The Labute approximate surface area is 97.1 Å². The monoisotopic (exact) mass is 220 g/mol. The zero-order valence-corrected chi connectivity index (χ0v) is 9.86. The number of anilines is 1. The van der Waals surface area contributed by atoms with Crippen LogP contribution in [-0.4, -0.2) is 19.2 Å². The molecule has 3 nitrogen and oxygen atoms in total. The number of hydrogen-bond acceptors (Lipinski definition) is 3. The molecule has 0 aromatic heterocycles. The zero-order valence-electron chi connectivity index (χ0n) is 9.86. The molecule has 0 amide bonds. The normalized spacial score (nSPS) is 21.1. The van der Waals surface area contributed by atoms with E-state index in [1.54, 1.807) is 0 Å². The van der Waals surface area contributed by atoms with Crippen LogP contribution in [0.1, 0.15) is 24.8 Å². The molecule has 16 heavy (non-hydrogen) atoms. The molecular formula is C13H20N2O. The fraction of sp³-hybridized carbons (Fsp3) is 0.538. The van der Waals surface area contributed by atoms with E-state index in [1.807, 2.05) is 0 Å². The van der Waals surface area contributed by atoms with E-state index < -0.39 is 0 Å². The lowest BCUT2D eigenvalue weighted by Crippen LogP contribution is -2.43. The van der Waals surface area contributed by atoms with Crippen LogP contribution in [0.5, 0.6) is 0 Å². The quantitative estimate of drug-likeness (QED) is 0.794. The van der Waals surface area contributed by atoms with Crippen LogP contribution in [0.2, 0.25) is 0 Å². The number of nitrogens with zero attached hydrogens (tertiary/aromatic N) is 1. The Bertz CT molecular complexity index is 338. The second-order valence-corrected chi connectivity index (χ2v) is 4.52. The average molecular weight is 220 g/mol. The molecule has 1 atom stereocenters. The van der Waals surface area contributed by atoms with E-state index in [2.05, 4.69) is 36.1 Å². The maximum absolute atomic E-state index is 5.20. The fourth-order valence-electron chi connectivity index (χ4n) is 2.43. The second kappa shape index (κ2) is 5.32. The van der Waals surface area contributed by atoms with Gasteiger partial charge in [-0.25, -0.2) is 5.90 Å². The molecule has 0 saturated carbocycles. The lowest BCUT2D eigenvalue weighted by atomic mass is 10.0. The Morgan fingerprint density at radius 3 is 3.06 bits per heavy atom. The van der Waals surface area contributed by atoms with E-state index in [1.165, 1.54) is 30.5 Å². The highest BCUT2D eigenvalue weighted by molar-refractivity contribution is 5.49. The molecule has 1 heterocycles. The first-order valence-corrected chi connectivity index (χ1v) is 5.96. The van der Waals surface area contributed by atoms with Gasteiger partial charge in [-0.2, -0.15) is 0 Å². The Kier molecular flexibility index (Phi) is 3.80. The van der Waals surface area contributed by atoms with Gasteiger partial charge in [-0.1, -0.05) is 12.1 Å². The van der Waals surface area contributed by atoms with Crippen LogP contribution in [0, 0.1) is 6.92 Å². The summed E-state index contributed by atoms with van der Waals surface area (Å²) in [6.07, 6.45) is 3.70. The van der Waals surface area contributed by atoms with Gasteiger partial charge in [0.2, 0.25) is 0 Å². The van der Waals surface area contributed by atoms with Crippen molar-refractivity contribution < 1.29 is 4.84 Å². The van der Waals surface area contributed by atoms with E-state index in [4.69, 9.17) is 10.7 Å². The van der Waals surface area contributed by atoms with Gasteiger partial charge in [0.25, 0.3) is 0 Å². The highest BCUT2D eigenvalue weighted by Gasteiger charge is 2.22. The predicted octanol–water partition coefficient (Wildman–Crippen LogP) is 2.24. The van der Waals surface area contributed by atoms with Gasteiger partial charge >= 0.3 is 0 Å². The molecule has 2 N–H and O–H groups in total. The number of nitrogens with two attached hydrogens (primary N) is 1. The van der Waals surface area contributed by atoms with Gasteiger partial charge in [0.1, 0.15) is 0 Å². The fourth-order valence-corrected chi connectivity index (χ4v) is 2.43. The summed E-state index contributed by atoms with van der Waals surface area (Å²) in [5.74, 6) is 5.20. The number of rotatable bonds is 3. The van der Waals surface area contributed by atoms with Gasteiger partial charge in [-0.05, 0) is 43.9 Å². The molecule has 1 aromatic rings. The molecule has 1 aromatic carbocycles. The summed E-state index contributed by atoms with van der Waals surface area (Å²) in [5.41, 5.74) is 2.59. The van der Waals surface area contributed by atoms with Crippen LogP contribution < -0.4 is 10.8 Å². The molecule has 0 spiro atoms. The number of aryl methyl sites for hydroxylation is 1. The summed E-state index contributed by atoms with van der Waals surface area (Å²) in [6.45, 7) is 3.85. The van der Waals surface area contributed by atoms with Gasteiger partial charge in [0.15, 0.2) is 0 Å². The van der Waals surface area contributed by atoms with Gasteiger partial charge in [-0.3, -0.25) is 0 Å². The van der Waals surface area contributed by atoms with E-state index in [0.29, 0.717) is 12.6 Å². The molecule has 0 bridgehead atoms. The van der Waals surface area contributed by atoms with Crippen LogP contribution in [-0.2, 0) is 4.84 Å². The number of piperidine rings is 1. The summed E-state index contributed by atoms with van der Waals surface area (Å²) < 4.78 is 0. The molecule has 3 heteroatoms. The van der Waals surface area contributed by atoms with Crippen molar-refractivity contribution in [3.8, 4) is 0 Å². The molecule has 0 radical (unpaired) electrons. The highest BCUT2D eigenvalue weighted by Crippen LogP contribution is 2.25. The lowest BCUT2D eigenvalue weighted by Gasteiger charge is -2.37. The summed E-state index contributed by atoms with van der Waals surface area (Å²) in [4.78, 5) is 7.24. The standard InChI is InChI=1S/C13H20N2O/c1-11-5-4-7-12(9-11)15-8-3-2-6-13(15)10-16-14/h4-5,7,9,13H,2-3,6,8,10,14H2,1H3. The van der Waals surface area contributed by atoms with Crippen molar-refractivity contribution in [1.29, 1.82) is 0 Å². The molecule has 1 saturated heterocycles. The van der Waals surface area contributed by atoms with Crippen molar-refractivity contribution in [2.75, 3.05) is 18.1 Å². The Balaban J connectivity index is 2.16. The lowest BCUT2D eigenvalue weighted by molar-refractivity contribution is 0.114. The van der Waals surface area contributed by atoms with Crippen LogP contribution in [0.15, 0.2) is 24.3 Å². The third kappa shape index (κ3) is 2.54. The van der Waals surface area contributed by atoms with Crippen LogP contribution in [0.4, 0.5) is 5.69 Å². The van der Waals surface area contributed by atoms with Crippen molar-refractivity contribution in [2.24, 2.45) is 5.90 Å². The van der Waals surface area contributed by atoms with Crippen LogP contribution >= 0.6 is 0 Å². The van der Waals surface area contributed by atoms with Crippen molar-refractivity contribution in [3.63, 3.8) is 0 Å². The first-order valence-electron chi connectivity index (χ1n) is 5.96. The van der Waals surface area contributed by atoms with E-state index in [9.17, 15) is 0 Å². The smallest absolute Gasteiger partial charge is 0.0882 e. The topological polar surface area (TPSA) is 38.5 Å². The average Bonchev–Trinajstić information content (AvgIpc) is 2.30. The van der Waals surface area contributed by atoms with E-state index in [0.717, 1.165) is 6.54 Å². The zero-order chi connectivity index (χ0) is 11.4. The first kappa shape index (κ1) is 11.4. The minimum absolute atomic E-state index is 0.431. The van der Waals surface area contributed by atoms with Gasteiger partial charge < -0.3 is 9.74 Å². The minimum Gasteiger partial charge on any atom is -0.366 e. The van der Waals surface area contributed by atoms with E-state index in [-0.39, 0.29) is 0 Å². The second-order valence-electron chi connectivity index (χ2n) is 4.52. The van der Waals surface area contributed by atoms with Gasteiger partial charge in [-0.15, -0.1) is 0 Å². The predicted molar refractivity (Wildman–Crippen MR) is 66.3 cm³/mol. The van der Waals surface area contributed by atoms with Crippen molar-refractivity contribution in [3.05, 3.63) is 29.8 Å². The molecule has 1 aliphatic rings. The Morgan fingerprint density at radius 2 is 2.31 bits per heavy atom. The Hall–Kier alpha value is -1.06. The molecule has 2 rings (SSSR count). The van der Waals surface area contributed by atoms with E-state index >= 15 is 0 Å². The maximum Gasteiger partial charge on any atom is 0.0882 e. The van der Waals surface area contributed by atoms with Gasteiger partial charge in [0, 0.05) is 12.2 Å². The molecule has 88 valence electrons. The minimum atomic E-state index is 0.431. The maximum atomic E-state index is 5.20. The Morgan fingerprint density at radius 1 is 1.44 bits per heavy atom. The van der Waals surface area contributed by atoms with Crippen molar-refractivity contribution >= 4 is 5.69 Å². The summed E-state index contributed by atoms with van der Waals surface area (Å²) in [7, 11) is 0. The molecule has 1 fully saturated rings.